The van der Waals surface area contributed by atoms with Crippen LogP contribution in [0.1, 0.15) is 13.8 Å². The number of nitrogens with one attached hydrogen (secondary N) is 1. The quantitative estimate of drug-likeness (QED) is 0.293. The summed E-state index contributed by atoms with van der Waals surface area (Å²) >= 11 is 0. The highest BCUT2D eigenvalue weighted by atomic mass is 19.1. The van der Waals surface area contributed by atoms with Crippen molar-refractivity contribution in [3.8, 4) is 0 Å². The lowest BCUT2D eigenvalue weighted by Gasteiger charge is -2.09. The topological polar surface area (TPSA) is 102 Å². The lowest BCUT2D eigenvalue weighted by molar-refractivity contribution is -0.387. The molecule has 104 valence electrons. The van der Waals surface area contributed by atoms with Crippen molar-refractivity contribution in [2.24, 2.45) is 4.99 Å². The van der Waals surface area contributed by atoms with Crippen molar-refractivity contribution >= 4 is 28.9 Å². The van der Waals surface area contributed by atoms with Crippen molar-refractivity contribution in [1.29, 1.82) is 0 Å². The molecule has 0 heterocycles. The van der Waals surface area contributed by atoms with Gasteiger partial charge in [-0.3, -0.25) is 14.9 Å². The summed E-state index contributed by atoms with van der Waals surface area (Å²) in [6.07, 6.45) is 2.47. The SMILES string of the molecule is CC(=O)C=C(C)Nc1cc(F)c([N+](=O)[O-])cc1N=C=O. The zero-order valence-corrected chi connectivity index (χ0v) is 10.6. The predicted octanol–water partition coefficient (Wildman–Crippen LogP) is 2.61. The van der Waals surface area contributed by atoms with E-state index in [1.807, 2.05) is 0 Å². The fourth-order valence-electron chi connectivity index (χ4n) is 1.49. The summed E-state index contributed by atoms with van der Waals surface area (Å²) in [6, 6.07) is 1.63. The molecule has 0 spiro atoms. The number of carbonyl (C=O) groups excluding carboxylic acids is 2. The van der Waals surface area contributed by atoms with Crippen molar-refractivity contribution in [2.45, 2.75) is 13.8 Å². The first-order chi connectivity index (χ1) is 9.35. The summed E-state index contributed by atoms with van der Waals surface area (Å²) in [5.41, 5.74) is -0.568. The predicted molar refractivity (Wildman–Crippen MR) is 68.9 cm³/mol. The molecule has 1 rings (SSSR count). The van der Waals surface area contributed by atoms with Gasteiger partial charge in [-0.1, -0.05) is 0 Å². The average molecular weight is 279 g/mol. The Balaban J connectivity index is 3.32. The number of ketones is 1. The average Bonchev–Trinajstić information content (AvgIpc) is 2.30. The molecular formula is C12H10FN3O4. The van der Waals surface area contributed by atoms with Gasteiger partial charge in [0.15, 0.2) is 5.78 Å². The molecule has 0 bridgehead atoms. The standard InChI is InChI=1S/C12H10FN3O4/c1-7(3-8(2)18)15-11-4-9(13)12(16(19)20)5-10(11)14-6-17/h3-5,15H,1-2H3. The molecule has 20 heavy (non-hydrogen) atoms. The first kappa shape index (κ1) is 15.2. The lowest BCUT2D eigenvalue weighted by Crippen LogP contribution is -2.01. The number of nitro groups is 1. The molecule has 0 aliphatic carbocycles. The number of carbonyl (C=O) groups is 1. The van der Waals surface area contributed by atoms with Crippen molar-refractivity contribution < 1.29 is 18.9 Å². The maximum absolute atomic E-state index is 13.5. The molecule has 0 radical (unpaired) electrons. The number of nitrogens with zero attached hydrogens (tertiary/aromatic N) is 2. The Morgan fingerprint density at radius 2 is 2.15 bits per heavy atom. The van der Waals surface area contributed by atoms with Gasteiger partial charge < -0.3 is 5.32 Å². The van der Waals surface area contributed by atoms with Crippen LogP contribution in [0.3, 0.4) is 0 Å². The highest BCUT2D eigenvalue weighted by Gasteiger charge is 2.18. The molecule has 0 aliphatic heterocycles. The third-order valence-corrected chi connectivity index (χ3v) is 2.18. The molecule has 0 saturated carbocycles. The van der Waals surface area contributed by atoms with E-state index in [1.54, 1.807) is 0 Å². The van der Waals surface area contributed by atoms with Crippen LogP contribution in [0, 0.1) is 15.9 Å². The van der Waals surface area contributed by atoms with Gasteiger partial charge in [0.05, 0.1) is 10.6 Å². The van der Waals surface area contributed by atoms with Crippen LogP contribution < -0.4 is 5.32 Å². The van der Waals surface area contributed by atoms with Crippen LogP contribution in [-0.2, 0) is 9.59 Å². The number of nitro benzene ring substituents is 1. The van der Waals surface area contributed by atoms with Gasteiger partial charge in [0.1, 0.15) is 5.69 Å². The molecule has 1 aromatic carbocycles. The van der Waals surface area contributed by atoms with E-state index in [-0.39, 0.29) is 17.2 Å². The van der Waals surface area contributed by atoms with Gasteiger partial charge in [-0.15, -0.1) is 0 Å². The summed E-state index contributed by atoms with van der Waals surface area (Å²) < 4.78 is 13.5. The second kappa shape index (κ2) is 6.35. The minimum Gasteiger partial charge on any atom is -0.357 e. The van der Waals surface area contributed by atoms with Crippen LogP contribution in [0.2, 0.25) is 0 Å². The largest absolute Gasteiger partial charge is 0.357 e. The van der Waals surface area contributed by atoms with Gasteiger partial charge >= 0.3 is 5.69 Å². The summed E-state index contributed by atoms with van der Waals surface area (Å²) in [4.78, 5) is 34.2. The minimum atomic E-state index is -1.09. The van der Waals surface area contributed by atoms with Crippen molar-refractivity contribution in [1.82, 2.24) is 0 Å². The van der Waals surface area contributed by atoms with Gasteiger partial charge in [-0.25, -0.2) is 4.79 Å². The first-order valence-corrected chi connectivity index (χ1v) is 5.37. The number of aliphatic imine (C=N–C) groups is 1. The number of allylic oxidation sites excluding steroid dienone is 2. The van der Waals surface area contributed by atoms with Crippen molar-refractivity contribution in [3.05, 3.63) is 39.8 Å². The fourth-order valence-corrected chi connectivity index (χ4v) is 1.49. The summed E-state index contributed by atoms with van der Waals surface area (Å²) in [5.74, 6) is -1.32. The smallest absolute Gasteiger partial charge is 0.307 e. The van der Waals surface area contributed by atoms with Gasteiger partial charge in [0.2, 0.25) is 11.9 Å². The van der Waals surface area contributed by atoms with E-state index in [0.717, 1.165) is 12.1 Å². The van der Waals surface area contributed by atoms with Crippen LogP contribution >= 0.6 is 0 Å². The first-order valence-electron chi connectivity index (χ1n) is 5.37. The molecule has 7 nitrogen and oxygen atoms in total. The Morgan fingerprint density at radius 3 is 2.65 bits per heavy atom. The zero-order chi connectivity index (χ0) is 15.3. The van der Waals surface area contributed by atoms with Crippen molar-refractivity contribution in [2.75, 3.05) is 5.32 Å². The Bertz CT molecular complexity index is 648. The Labute approximate surface area is 113 Å². The highest BCUT2D eigenvalue weighted by Crippen LogP contribution is 2.32. The lowest BCUT2D eigenvalue weighted by atomic mass is 10.2. The summed E-state index contributed by atoms with van der Waals surface area (Å²) in [6.45, 7) is 2.86. The number of anilines is 1. The van der Waals surface area contributed by atoms with Crippen LogP contribution in [0.5, 0.6) is 0 Å². The summed E-state index contributed by atoms with van der Waals surface area (Å²) in [5, 5.41) is 13.2. The number of rotatable bonds is 5. The Morgan fingerprint density at radius 1 is 1.50 bits per heavy atom. The molecule has 0 aliphatic rings. The third kappa shape index (κ3) is 3.82. The van der Waals surface area contributed by atoms with E-state index in [0.29, 0.717) is 5.70 Å². The van der Waals surface area contributed by atoms with Crippen LogP contribution in [0.4, 0.5) is 21.5 Å². The summed E-state index contributed by atoms with van der Waals surface area (Å²) in [7, 11) is 0. The molecule has 0 unspecified atom stereocenters. The van der Waals surface area contributed by atoms with E-state index in [2.05, 4.69) is 10.3 Å². The van der Waals surface area contributed by atoms with Gasteiger partial charge in [-0.05, 0) is 19.9 Å². The molecule has 1 aromatic rings. The number of halogens is 1. The maximum atomic E-state index is 13.5. The minimum absolute atomic E-state index is 0.0199. The normalized spacial score (nSPS) is 10.7. The number of benzene rings is 1. The van der Waals surface area contributed by atoms with Crippen molar-refractivity contribution in [3.63, 3.8) is 0 Å². The molecule has 0 amide bonds. The molecule has 1 N–H and O–H groups in total. The third-order valence-electron chi connectivity index (χ3n) is 2.18. The Hall–Kier alpha value is -2.86. The molecule has 0 fully saturated rings. The number of isocyanates is 1. The van der Waals surface area contributed by atoms with E-state index in [9.17, 15) is 24.1 Å². The highest BCUT2D eigenvalue weighted by molar-refractivity contribution is 5.88. The van der Waals surface area contributed by atoms with E-state index in [4.69, 9.17) is 0 Å². The molecule has 8 heteroatoms. The van der Waals surface area contributed by atoms with E-state index >= 15 is 0 Å². The second-order valence-electron chi connectivity index (χ2n) is 3.84. The second-order valence-corrected chi connectivity index (χ2v) is 3.84. The van der Waals surface area contributed by atoms with Gasteiger partial charge in [-0.2, -0.15) is 9.38 Å². The molecule has 0 atom stereocenters. The van der Waals surface area contributed by atoms with Crippen LogP contribution in [0.25, 0.3) is 0 Å². The monoisotopic (exact) mass is 279 g/mol. The molecular weight excluding hydrogens is 269 g/mol. The van der Waals surface area contributed by atoms with Gasteiger partial charge in [0, 0.05) is 17.8 Å². The maximum Gasteiger partial charge on any atom is 0.307 e. The molecule has 0 saturated heterocycles. The fraction of sp³-hybridized carbons (Fsp3) is 0.167. The zero-order valence-electron chi connectivity index (χ0n) is 10.6. The number of hydrogen-bond acceptors (Lipinski definition) is 6. The van der Waals surface area contributed by atoms with Crippen LogP contribution in [0.15, 0.2) is 28.9 Å². The van der Waals surface area contributed by atoms with E-state index in [1.165, 1.54) is 26.0 Å². The van der Waals surface area contributed by atoms with Gasteiger partial charge in [0.25, 0.3) is 0 Å². The Kier molecular flexibility index (Phi) is 4.82. The molecule has 0 aromatic heterocycles. The van der Waals surface area contributed by atoms with Crippen LogP contribution in [-0.4, -0.2) is 16.8 Å². The number of hydrogen-bond donors (Lipinski definition) is 1. The van der Waals surface area contributed by atoms with E-state index < -0.39 is 16.4 Å².